The van der Waals surface area contributed by atoms with Crippen molar-refractivity contribution in [2.75, 3.05) is 18.4 Å². The fraction of sp³-hybridized carbons (Fsp3) is 0.429. The van der Waals surface area contributed by atoms with Crippen LogP contribution in [0.15, 0.2) is 22.7 Å². The minimum atomic E-state index is -0.616. The molecular formula is C14H15BrN2O3. The molecule has 0 aliphatic carbocycles. The van der Waals surface area contributed by atoms with Crippen molar-refractivity contribution in [3.05, 3.63) is 28.2 Å². The normalized spacial score (nSPS) is 18.8. The van der Waals surface area contributed by atoms with E-state index in [4.69, 9.17) is 4.74 Å². The molecule has 6 heteroatoms. The quantitative estimate of drug-likeness (QED) is 0.855. The molecule has 0 atom stereocenters. The van der Waals surface area contributed by atoms with Crippen LogP contribution in [0.2, 0.25) is 0 Å². The Morgan fingerprint density at radius 1 is 1.45 bits per heavy atom. The molecular weight excluding hydrogens is 324 g/mol. The summed E-state index contributed by atoms with van der Waals surface area (Å²) in [5, 5.41) is 2.88. The zero-order valence-electron chi connectivity index (χ0n) is 11.3. The number of carbonyl (C=O) groups excluding carboxylic acids is 2. The number of fused-ring (bicyclic) bond motifs is 2. The summed E-state index contributed by atoms with van der Waals surface area (Å²) in [6.45, 7) is 4.35. The summed E-state index contributed by atoms with van der Waals surface area (Å²) in [4.78, 5) is 25.6. The molecule has 0 bridgehead atoms. The zero-order valence-corrected chi connectivity index (χ0v) is 12.9. The number of halogens is 1. The molecule has 0 saturated carbocycles. The number of amides is 2. The highest BCUT2D eigenvalue weighted by Crippen LogP contribution is 2.45. The zero-order chi connectivity index (χ0) is 14.5. The molecule has 1 saturated heterocycles. The molecule has 1 aromatic carbocycles. The van der Waals surface area contributed by atoms with Gasteiger partial charge < -0.3 is 15.0 Å². The molecule has 1 fully saturated rings. The molecule has 3 rings (SSSR count). The van der Waals surface area contributed by atoms with Crippen LogP contribution in [-0.4, -0.2) is 36.1 Å². The van der Waals surface area contributed by atoms with Crippen LogP contribution in [0.4, 0.5) is 10.5 Å². The van der Waals surface area contributed by atoms with Gasteiger partial charge in [-0.25, -0.2) is 4.79 Å². The van der Waals surface area contributed by atoms with Gasteiger partial charge >= 0.3 is 6.09 Å². The largest absolute Gasteiger partial charge is 0.447 e. The van der Waals surface area contributed by atoms with Crippen LogP contribution >= 0.6 is 15.9 Å². The van der Waals surface area contributed by atoms with Crippen LogP contribution in [0.5, 0.6) is 0 Å². The van der Waals surface area contributed by atoms with Gasteiger partial charge in [0.2, 0.25) is 5.91 Å². The summed E-state index contributed by atoms with van der Waals surface area (Å²) in [6.07, 6.45) is -0.514. The number of carbonyl (C=O) groups is 2. The second-order valence-electron chi connectivity index (χ2n) is 5.51. The fourth-order valence-electron chi connectivity index (χ4n) is 2.71. The first-order valence-electron chi connectivity index (χ1n) is 6.49. The number of nitrogens with zero attached hydrogens (tertiary/aromatic N) is 1. The van der Waals surface area contributed by atoms with Gasteiger partial charge in [0.05, 0.1) is 6.10 Å². The van der Waals surface area contributed by atoms with E-state index in [0.717, 1.165) is 15.7 Å². The third kappa shape index (κ3) is 1.90. The molecule has 0 radical (unpaired) electrons. The lowest BCUT2D eigenvalue weighted by Crippen LogP contribution is -2.64. The molecule has 106 valence electrons. The molecule has 0 aromatic heterocycles. The number of anilines is 1. The molecule has 2 aliphatic heterocycles. The van der Waals surface area contributed by atoms with E-state index in [0.29, 0.717) is 13.1 Å². The van der Waals surface area contributed by atoms with Crippen molar-refractivity contribution in [3.8, 4) is 0 Å². The highest BCUT2D eigenvalue weighted by molar-refractivity contribution is 9.10. The predicted molar refractivity (Wildman–Crippen MR) is 77.6 cm³/mol. The molecule has 1 spiro atoms. The Bertz CT molecular complexity index is 594. The highest BCUT2D eigenvalue weighted by atomic mass is 79.9. The summed E-state index contributed by atoms with van der Waals surface area (Å²) in [7, 11) is 0. The first kappa shape index (κ1) is 13.4. The van der Waals surface area contributed by atoms with Crippen LogP contribution in [0, 0.1) is 0 Å². The van der Waals surface area contributed by atoms with E-state index >= 15 is 0 Å². The van der Waals surface area contributed by atoms with Crippen molar-refractivity contribution >= 4 is 33.6 Å². The number of rotatable bonds is 1. The van der Waals surface area contributed by atoms with Gasteiger partial charge in [0.25, 0.3) is 0 Å². The van der Waals surface area contributed by atoms with Gasteiger partial charge in [0.15, 0.2) is 0 Å². The number of benzene rings is 1. The number of ether oxygens (including phenoxy) is 1. The molecule has 20 heavy (non-hydrogen) atoms. The lowest BCUT2D eigenvalue weighted by molar-refractivity contribution is -0.126. The van der Waals surface area contributed by atoms with E-state index < -0.39 is 5.41 Å². The van der Waals surface area contributed by atoms with Gasteiger partial charge in [0, 0.05) is 23.2 Å². The minimum Gasteiger partial charge on any atom is -0.447 e. The maximum atomic E-state index is 12.2. The Kier molecular flexibility index (Phi) is 3.01. The summed E-state index contributed by atoms with van der Waals surface area (Å²) >= 11 is 3.42. The molecule has 1 aromatic rings. The van der Waals surface area contributed by atoms with Crippen molar-refractivity contribution in [1.82, 2.24) is 4.90 Å². The second kappa shape index (κ2) is 4.48. The van der Waals surface area contributed by atoms with Crippen molar-refractivity contribution in [2.45, 2.75) is 25.4 Å². The Hall–Kier alpha value is -1.56. The number of hydrogen-bond acceptors (Lipinski definition) is 3. The van der Waals surface area contributed by atoms with Crippen LogP contribution in [0.3, 0.4) is 0 Å². The highest BCUT2D eigenvalue weighted by Gasteiger charge is 2.57. The average Bonchev–Trinajstić information content (AvgIpc) is 2.57. The standard InChI is InChI=1S/C14H15BrN2O3/c1-8(2)20-13(19)17-6-14(7-17)10-5-9(15)3-4-11(10)16-12(14)18/h3-5,8H,6-7H2,1-2H3,(H,16,18). The van der Waals surface area contributed by atoms with Crippen LogP contribution in [-0.2, 0) is 14.9 Å². The molecule has 2 heterocycles. The lowest BCUT2D eigenvalue weighted by Gasteiger charge is -2.45. The third-order valence-corrected chi connectivity index (χ3v) is 4.19. The average molecular weight is 339 g/mol. The summed E-state index contributed by atoms with van der Waals surface area (Å²) in [5.74, 6) is -0.0424. The van der Waals surface area contributed by atoms with Crippen molar-refractivity contribution < 1.29 is 14.3 Å². The number of likely N-dealkylation sites (tertiary alicyclic amines) is 1. The third-order valence-electron chi connectivity index (χ3n) is 3.70. The van der Waals surface area contributed by atoms with E-state index in [2.05, 4.69) is 21.2 Å². The topological polar surface area (TPSA) is 58.6 Å². The lowest BCUT2D eigenvalue weighted by atomic mass is 9.75. The van der Waals surface area contributed by atoms with Gasteiger partial charge in [-0.15, -0.1) is 0 Å². The Morgan fingerprint density at radius 2 is 2.15 bits per heavy atom. The minimum absolute atomic E-state index is 0.0424. The monoisotopic (exact) mass is 338 g/mol. The van der Waals surface area contributed by atoms with E-state index in [1.54, 1.807) is 4.90 Å². The Balaban J connectivity index is 1.82. The van der Waals surface area contributed by atoms with Crippen LogP contribution in [0.1, 0.15) is 19.4 Å². The molecule has 0 unspecified atom stereocenters. The van der Waals surface area contributed by atoms with E-state index in [1.165, 1.54) is 0 Å². The number of hydrogen-bond donors (Lipinski definition) is 1. The maximum Gasteiger partial charge on any atom is 0.410 e. The molecule has 5 nitrogen and oxygen atoms in total. The summed E-state index contributed by atoms with van der Waals surface area (Å²) in [5.41, 5.74) is 1.16. The van der Waals surface area contributed by atoms with Crippen LogP contribution < -0.4 is 5.32 Å². The van der Waals surface area contributed by atoms with Crippen molar-refractivity contribution in [1.29, 1.82) is 0 Å². The molecule has 1 N–H and O–H groups in total. The van der Waals surface area contributed by atoms with Crippen molar-refractivity contribution in [2.24, 2.45) is 0 Å². The second-order valence-corrected chi connectivity index (χ2v) is 6.43. The Morgan fingerprint density at radius 3 is 2.80 bits per heavy atom. The first-order chi connectivity index (χ1) is 9.42. The van der Waals surface area contributed by atoms with Crippen molar-refractivity contribution in [3.63, 3.8) is 0 Å². The molecule has 2 aliphatic rings. The van der Waals surface area contributed by atoms with Gasteiger partial charge in [-0.1, -0.05) is 15.9 Å². The van der Waals surface area contributed by atoms with Crippen LogP contribution in [0.25, 0.3) is 0 Å². The summed E-state index contributed by atoms with van der Waals surface area (Å²) < 4.78 is 6.08. The summed E-state index contributed by atoms with van der Waals surface area (Å²) in [6, 6.07) is 5.71. The van der Waals surface area contributed by atoms with E-state index in [-0.39, 0.29) is 18.1 Å². The molecule has 2 amide bonds. The van der Waals surface area contributed by atoms with Gasteiger partial charge in [-0.05, 0) is 37.6 Å². The smallest absolute Gasteiger partial charge is 0.410 e. The number of nitrogens with one attached hydrogen (secondary N) is 1. The maximum absolute atomic E-state index is 12.2. The predicted octanol–water partition coefficient (Wildman–Crippen LogP) is 2.50. The Labute approximate surface area is 125 Å². The van der Waals surface area contributed by atoms with Gasteiger partial charge in [-0.2, -0.15) is 0 Å². The van der Waals surface area contributed by atoms with E-state index in [9.17, 15) is 9.59 Å². The van der Waals surface area contributed by atoms with Gasteiger partial charge in [-0.3, -0.25) is 4.79 Å². The van der Waals surface area contributed by atoms with E-state index in [1.807, 2.05) is 32.0 Å². The first-order valence-corrected chi connectivity index (χ1v) is 7.29. The SMILES string of the molecule is CC(C)OC(=O)N1CC2(C1)C(=O)Nc1ccc(Br)cc12. The fourth-order valence-corrected chi connectivity index (χ4v) is 3.07. The van der Waals surface area contributed by atoms with Gasteiger partial charge in [0.1, 0.15) is 5.41 Å².